The zero-order chi connectivity index (χ0) is 29.9. The van der Waals surface area contributed by atoms with Crippen molar-refractivity contribution in [1.29, 1.82) is 0 Å². The Morgan fingerprint density at radius 2 is 1.57 bits per heavy atom. The van der Waals surface area contributed by atoms with Gasteiger partial charge in [-0.15, -0.1) is 0 Å². The van der Waals surface area contributed by atoms with Gasteiger partial charge in [0.05, 0.1) is 33.7 Å². The van der Waals surface area contributed by atoms with Gasteiger partial charge in [0.25, 0.3) is 11.5 Å². The summed E-state index contributed by atoms with van der Waals surface area (Å²) in [7, 11) is 0. The molecule has 0 bridgehead atoms. The molecular formula is C35H22ClN5O2S. The number of carbonyl (C=O) groups is 1. The van der Waals surface area contributed by atoms with E-state index in [2.05, 4.69) is 28.6 Å². The van der Waals surface area contributed by atoms with Crippen LogP contribution in [0, 0.1) is 0 Å². The molecule has 1 aliphatic rings. The lowest BCUT2D eigenvalue weighted by molar-refractivity contribution is -0.114. The number of benzene rings is 5. The minimum atomic E-state index is -0.221. The summed E-state index contributed by atoms with van der Waals surface area (Å²) >= 11 is 7.62. The van der Waals surface area contributed by atoms with Gasteiger partial charge in [-0.2, -0.15) is 10.1 Å². The Balaban J connectivity index is 1.16. The Labute approximate surface area is 260 Å². The highest BCUT2D eigenvalue weighted by atomic mass is 35.5. The second kappa shape index (κ2) is 10.2. The average molecular weight is 612 g/mol. The maximum atomic E-state index is 13.7. The normalized spacial score (nSPS) is 14.5. The number of hydrogen-bond donors (Lipinski definition) is 1. The van der Waals surface area contributed by atoms with Crippen molar-refractivity contribution in [1.82, 2.24) is 9.38 Å². The maximum Gasteiger partial charge on any atom is 0.282 e. The third kappa shape index (κ3) is 4.14. The van der Waals surface area contributed by atoms with Crippen molar-refractivity contribution in [3.63, 3.8) is 0 Å². The Bertz CT molecular complexity index is 2420. The molecule has 0 spiro atoms. The van der Waals surface area contributed by atoms with Crippen LogP contribution >= 0.6 is 23.4 Å². The molecule has 0 saturated carbocycles. The summed E-state index contributed by atoms with van der Waals surface area (Å²) in [4.78, 5) is 33.8. The molecular weight excluding hydrogens is 590 g/mol. The maximum absolute atomic E-state index is 13.7. The standard InChI is InChI=1S/C35H22ClN5O2S/c1-20-26(35(43)41(39-20)22-15-13-21(36)14-16-22)19-37-28-10-3-5-12-31(28)44-30-18-17-24-32-23(30)7-6-8-25(32)34(42)40-29-11-4-2-9-27(29)38-33(24)40/h2-19,37H,1H3/b26-19-. The molecule has 8 rings (SSSR count). The summed E-state index contributed by atoms with van der Waals surface area (Å²) in [5.41, 5.74) is 4.76. The molecule has 0 aliphatic carbocycles. The lowest BCUT2D eigenvalue weighted by atomic mass is 10.0. The predicted molar refractivity (Wildman–Crippen MR) is 179 cm³/mol. The second-order valence-electron chi connectivity index (χ2n) is 10.5. The van der Waals surface area contributed by atoms with E-state index in [1.54, 1.807) is 46.6 Å². The van der Waals surface area contributed by atoms with Crippen LogP contribution in [-0.2, 0) is 4.79 Å². The number of aromatic nitrogens is 2. The highest BCUT2D eigenvalue weighted by molar-refractivity contribution is 7.99. The van der Waals surface area contributed by atoms with Crippen LogP contribution in [0.25, 0.3) is 38.2 Å². The van der Waals surface area contributed by atoms with Crippen LogP contribution in [0.5, 0.6) is 0 Å². The Kier molecular flexibility index (Phi) is 6.14. The van der Waals surface area contributed by atoms with Crippen molar-refractivity contribution in [3.05, 3.63) is 130 Å². The highest BCUT2D eigenvalue weighted by Crippen LogP contribution is 2.41. The molecule has 0 atom stereocenters. The van der Waals surface area contributed by atoms with Crippen molar-refractivity contribution in [2.24, 2.45) is 5.10 Å². The number of anilines is 2. The lowest BCUT2D eigenvalue weighted by Gasteiger charge is -2.14. The van der Waals surface area contributed by atoms with Gasteiger partial charge in [0.1, 0.15) is 5.65 Å². The topological polar surface area (TPSA) is 79.1 Å². The van der Waals surface area contributed by atoms with E-state index in [9.17, 15) is 9.59 Å². The fourth-order valence-electron chi connectivity index (χ4n) is 5.75. The van der Waals surface area contributed by atoms with Crippen LogP contribution in [0.2, 0.25) is 5.02 Å². The first-order valence-corrected chi connectivity index (χ1v) is 15.1. The van der Waals surface area contributed by atoms with Crippen molar-refractivity contribution < 1.29 is 4.79 Å². The quantitative estimate of drug-likeness (QED) is 0.199. The first-order chi connectivity index (χ1) is 21.5. The molecule has 9 heteroatoms. The molecule has 44 heavy (non-hydrogen) atoms. The molecule has 2 aromatic heterocycles. The van der Waals surface area contributed by atoms with Crippen LogP contribution in [0.15, 0.2) is 135 Å². The summed E-state index contributed by atoms with van der Waals surface area (Å²) in [5.74, 6) is -0.221. The molecule has 0 unspecified atom stereocenters. The number of amides is 1. The predicted octanol–water partition coefficient (Wildman–Crippen LogP) is 8.12. The molecule has 0 saturated heterocycles. The molecule has 0 fully saturated rings. The molecule has 1 N–H and O–H groups in total. The zero-order valence-corrected chi connectivity index (χ0v) is 24.9. The van der Waals surface area contributed by atoms with E-state index in [-0.39, 0.29) is 11.5 Å². The van der Waals surface area contributed by atoms with E-state index in [4.69, 9.17) is 16.6 Å². The van der Waals surface area contributed by atoms with Gasteiger partial charge in [-0.25, -0.2) is 4.98 Å². The van der Waals surface area contributed by atoms with E-state index in [0.29, 0.717) is 33.0 Å². The van der Waals surface area contributed by atoms with Crippen molar-refractivity contribution in [2.45, 2.75) is 16.7 Å². The Morgan fingerprint density at radius 1 is 0.795 bits per heavy atom. The van der Waals surface area contributed by atoms with Gasteiger partial charge in [0.15, 0.2) is 0 Å². The Hall–Kier alpha value is -5.18. The highest BCUT2D eigenvalue weighted by Gasteiger charge is 2.29. The number of imidazole rings is 1. The summed E-state index contributed by atoms with van der Waals surface area (Å²) in [6.45, 7) is 1.81. The van der Waals surface area contributed by atoms with E-state index < -0.39 is 0 Å². The van der Waals surface area contributed by atoms with Gasteiger partial charge in [0.2, 0.25) is 0 Å². The number of nitrogens with one attached hydrogen (secondary N) is 1. The van der Waals surface area contributed by atoms with Gasteiger partial charge >= 0.3 is 0 Å². The number of hydrazone groups is 1. The monoisotopic (exact) mass is 611 g/mol. The number of nitrogens with zero attached hydrogens (tertiary/aromatic N) is 4. The number of hydrogen-bond acceptors (Lipinski definition) is 6. The fourth-order valence-corrected chi connectivity index (χ4v) is 6.91. The number of rotatable bonds is 5. The minimum Gasteiger partial charge on any atom is -0.360 e. The largest absolute Gasteiger partial charge is 0.360 e. The van der Waals surface area contributed by atoms with E-state index in [1.165, 1.54) is 5.01 Å². The molecule has 212 valence electrons. The molecule has 1 aliphatic heterocycles. The number of fused-ring (bicyclic) bond motifs is 4. The number of halogens is 1. The fraction of sp³-hybridized carbons (Fsp3) is 0.0286. The van der Waals surface area contributed by atoms with Crippen molar-refractivity contribution >= 4 is 84.6 Å². The van der Waals surface area contributed by atoms with Gasteiger partial charge in [0, 0.05) is 37.2 Å². The molecule has 3 heterocycles. The van der Waals surface area contributed by atoms with Crippen LogP contribution in [-0.4, -0.2) is 21.0 Å². The smallest absolute Gasteiger partial charge is 0.282 e. The molecule has 0 radical (unpaired) electrons. The van der Waals surface area contributed by atoms with E-state index in [0.717, 1.165) is 42.7 Å². The first kappa shape index (κ1) is 26.4. The number of para-hydroxylation sites is 3. The number of carbonyl (C=O) groups excluding carboxylic acids is 1. The summed E-state index contributed by atoms with van der Waals surface area (Å²) < 4.78 is 1.72. The van der Waals surface area contributed by atoms with Gasteiger partial charge in [-0.05, 0) is 79.0 Å². The van der Waals surface area contributed by atoms with Crippen LogP contribution in [0.1, 0.15) is 6.92 Å². The van der Waals surface area contributed by atoms with Gasteiger partial charge in [-0.1, -0.05) is 59.8 Å². The second-order valence-corrected chi connectivity index (χ2v) is 12.0. The third-order valence-corrected chi connectivity index (χ3v) is 9.25. The molecule has 5 aromatic carbocycles. The molecule has 7 aromatic rings. The van der Waals surface area contributed by atoms with Crippen LogP contribution in [0.4, 0.5) is 11.4 Å². The SMILES string of the molecule is CC1=NN(c2ccc(Cl)cc2)C(=O)/C1=C\Nc1ccccc1Sc1ccc2c3c1cccc3c(=O)n1c3ccccc3nc21. The summed E-state index contributed by atoms with van der Waals surface area (Å²) in [6.07, 6.45) is 1.71. The summed E-state index contributed by atoms with van der Waals surface area (Å²) in [5, 5.41) is 13.3. The van der Waals surface area contributed by atoms with E-state index in [1.807, 2.05) is 67.6 Å². The van der Waals surface area contributed by atoms with Crippen molar-refractivity contribution in [3.8, 4) is 0 Å². The van der Waals surface area contributed by atoms with Crippen molar-refractivity contribution in [2.75, 3.05) is 10.3 Å². The minimum absolute atomic E-state index is 0.0754. The summed E-state index contributed by atoms with van der Waals surface area (Å²) in [6, 6.07) is 32.7. The number of pyridine rings is 1. The Morgan fingerprint density at radius 3 is 2.43 bits per heavy atom. The molecule has 7 nitrogen and oxygen atoms in total. The van der Waals surface area contributed by atoms with Gasteiger partial charge < -0.3 is 5.32 Å². The van der Waals surface area contributed by atoms with Gasteiger partial charge in [-0.3, -0.25) is 14.0 Å². The zero-order valence-electron chi connectivity index (χ0n) is 23.3. The molecule has 1 amide bonds. The lowest BCUT2D eigenvalue weighted by Crippen LogP contribution is -2.21. The van der Waals surface area contributed by atoms with Crippen LogP contribution < -0.4 is 15.9 Å². The average Bonchev–Trinajstić information content (AvgIpc) is 3.57. The van der Waals surface area contributed by atoms with E-state index >= 15 is 0 Å². The third-order valence-electron chi connectivity index (χ3n) is 7.85. The van der Waals surface area contributed by atoms with Crippen LogP contribution in [0.3, 0.4) is 0 Å². The first-order valence-electron chi connectivity index (χ1n) is 14.0.